The van der Waals surface area contributed by atoms with Crippen molar-refractivity contribution in [1.82, 2.24) is 0 Å². The quantitative estimate of drug-likeness (QED) is 0.0800. The minimum Gasteiger partial charge on any atom is -0.640 e. The number of unbranched alkanes of at least 4 members (excludes halogenated alkanes) is 4. The molecule has 0 radical (unpaired) electrons. The zero-order valence-corrected chi connectivity index (χ0v) is 21.2. The van der Waals surface area contributed by atoms with Gasteiger partial charge in [-0.3, -0.25) is 9.19 Å². The second kappa shape index (κ2) is 23.5. The third-order valence-corrected chi connectivity index (χ3v) is 7.19. The number of hydrogen-bond acceptors (Lipinski definition) is 5. The standard InChI is InChI=1S/C14H22INOS.C6H11O2.CH3.Li/c1-4-6-7-8-10-17-14-13(12(3)9-5-2)16-18-11-15-14;1-3-4-5-6(7)8-2;;/h9H,2-8,10-11H2,1H3;2-5H2,1H3;1H3;/q-2;2*-1;+1/b12-9+;;;. The van der Waals surface area contributed by atoms with Gasteiger partial charge in [-0.2, -0.15) is 19.6 Å². The molecule has 0 aromatic rings. The Bertz CT molecular complexity index is 482. The molecule has 0 atom stereocenters. The van der Waals surface area contributed by atoms with Crippen LogP contribution in [0.25, 0.3) is 0 Å². The van der Waals surface area contributed by atoms with Gasteiger partial charge in [0, 0.05) is 12.1 Å². The number of allylic oxidation sites excluding steroid dienone is 1. The van der Waals surface area contributed by atoms with Gasteiger partial charge in [0.25, 0.3) is 5.97 Å². The van der Waals surface area contributed by atoms with Gasteiger partial charge < -0.3 is 23.8 Å². The van der Waals surface area contributed by atoms with Gasteiger partial charge in [0.05, 0.1) is 14.1 Å². The Hall–Kier alpha value is 0.257. The van der Waals surface area contributed by atoms with Crippen molar-refractivity contribution in [2.75, 3.05) is 10.4 Å². The molecular weight excluding hydrogens is 480 g/mol. The van der Waals surface area contributed by atoms with Gasteiger partial charge >= 0.3 is 18.9 Å². The Morgan fingerprint density at radius 3 is 2.50 bits per heavy atom. The van der Waals surface area contributed by atoms with Crippen LogP contribution >= 0.6 is 32.7 Å². The second-order valence-electron chi connectivity index (χ2n) is 5.63. The Morgan fingerprint density at radius 2 is 1.93 bits per heavy atom. The van der Waals surface area contributed by atoms with Gasteiger partial charge in [-0.15, -0.1) is 0 Å². The van der Waals surface area contributed by atoms with E-state index < -0.39 is 0 Å². The maximum Gasteiger partial charge on any atom is 1.00 e. The van der Waals surface area contributed by atoms with Crippen LogP contribution in [0.2, 0.25) is 0 Å². The molecule has 0 aromatic heterocycles. The number of rotatable bonds is 11. The van der Waals surface area contributed by atoms with Crippen LogP contribution in [-0.4, -0.2) is 25.7 Å². The summed E-state index contributed by atoms with van der Waals surface area (Å²) < 4.78 is 16.8. The molecule has 1 rings (SSSR count). The van der Waals surface area contributed by atoms with Gasteiger partial charge in [-0.05, 0) is 24.8 Å². The number of nitrogens with zero attached hydrogens (tertiary/aromatic N) is 1. The zero-order chi connectivity index (χ0) is 19.6. The molecule has 28 heavy (non-hydrogen) atoms. The van der Waals surface area contributed by atoms with Crippen molar-refractivity contribution >= 4 is 48.1 Å². The first kappa shape index (κ1) is 32.9. The molecule has 0 unspecified atom stereocenters. The molecule has 0 bridgehead atoms. The predicted octanol–water partition coefficient (Wildman–Crippen LogP) is 3.69. The average Bonchev–Trinajstić information content (AvgIpc) is 2.67. The molecule has 0 fully saturated rings. The number of halogens is 1. The number of alkyl halides is 1. The van der Waals surface area contributed by atoms with E-state index in [4.69, 9.17) is 4.74 Å². The molecule has 0 amide bonds. The van der Waals surface area contributed by atoms with Crippen LogP contribution in [0.15, 0.2) is 16.0 Å². The summed E-state index contributed by atoms with van der Waals surface area (Å²) in [6, 6.07) is 0. The van der Waals surface area contributed by atoms with Crippen molar-refractivity contribution in [1.29, 1.82) is 0 Å². The van der Waals surface area contributed by atoms with E-state index in [1.807, 2.05) is 13.0 Å². The number of carbonyl (C=O) groups excluding carboxylic acids is 1. The topological polar surface area (TPSA) is 47.9 Å². The first-order chi connectivity index (χ1) is 12.6. The van der Waals surface area contributed by atoms with Crippen LogP contribution in [0.4, 0.5) is 0 Å². The summed E-state index contributed by atoms with van der Waals surface area (Å²) in [6.07, 6.45) is 10.2. The molecule has 0 aliphatic carbocycles. The van der Waals surface area contributed by atoms with Gasteiger partial charge in [-0.1, -0.05) is 60.3 Å². The van der Waals surface area contributed by atoms with E-state index in [9.17, 15) is 4.79 Å². The van der Waals surface area contributed by atoms with E-state index >= 15 is 0 Å². The van der Waals surface area contributed by atoms with Crippen LogP contribution in [0.3, 0.4) is 0 Å². The number of ether oxygens (including phenoxy) is 2. The Balaban J connectivity index is -0.000000537. The summed E-state index contributed by atoms with van der Waals surface area (Å²) in [5.41, 5.74) is 1.96. The number of esters is 1. The van der Waals surface area contributed by atoms with E-state index in [0.29, 0.717) is 6.42 Å². The second-order valence-corrected chi connectivity index (χ2v) is 9.90. The summed E-state index contributed by atoms with van der Waals surface area (Å²) >= 11 is 1.61. The van der Waals surface area contributed by atoms with Gasteiger partial charge in [0.15, 0.2) is 0 Å². The maximum atomic E-state index is 10.3. The first-order valence-electron chi connectivity index (χ1n) is 9.16. The minimum absolute atomic E-state index is 0. The Kier molecular flexibility index (Phi) is 27.7. The first-order valence-corrected chi connectivity index (χ1v) is 12.7. The van der Waals surface area contributed by atoms with Crippen molar-refractivity contribution in [3.63, 3.8) is 0 Å². The average molecular weight is 516 g/mol. The molecule has 1 aliphatic heterocycles. The van der Waals surface area contributed by atoms with E-state index in [0.717, 1.165) is 51.0 Å². The molecule has 0 saturated heterocycles. The van der Waals surface area contributed by atoms with Crippen LogP contribution < -0.4 is 18.9 Å². The van der Waals surface area contributed by atoms with Crippen LogP contribution in [0, 0.1) is 28.4 Å². The van der Waals surface area contributed by atoms with Crippen LogP contribution in [-0.2, 0) is 14.3 Å². The van der Waals surface area contributed by atoms with Crippen LogP contribution in [0.1, 0.15) is 65.2 Å². The molecule has 0 saturated carbocycles. The normalized spacial score (nSPS) is 13.4. The fraction of sp³-hybridized carbons (Fsp3) is 0.571. The van der Waals surface area contributed by atoms with E-state index in [2.05, 4.69) is 37.0 Å². The molecule has 0 aromatic carbocycles. The SMILES string of the molecule is [CH2-]C/C=C(\[CH2-])C1=NSCI=C1OCCCCCC.[CH2-]OC(=O)CCCC.[CH3-].[Li+]. The Labute approximate surface area is 200 Å². The maximum absolute atomic E-state index is 10.3. The van der Waals surface area contributed by atoms with Crippen molar-refractivity contribution in [2.24, 2.45) is 4.40 Å². The predicted molar refractivity (Wildman–Crippen MR) is 130 cm³/mol. The van der Waals surface area contributed by atoms with Crippen molar-refractivity contribution in [3.8, 4) is 0 Å². The van der Waals surface area contributed by atoms with Crippen molar-refractivity contribution in [2.45, 2.75) is 65.2 Å². The van der Waals surface area contributed by atoms with E-state index in [1.54, 1.807) is 11.9 Å². The van der Waals surface area contributed by atoms with Crippen molar-refractivity contribution < 1.29 is 33.1 Å². The van der Waals surface area contributed by atoms with E-state index in [-0.39, 0.29) is 53.0 Å². The fourth-order valence-electron chi connectivity index (χ4n) is 1.91. The molecule has 1 heterocycles. The summed E-state index contributed by atoms with van der Waals surface area (Å²) in [7, 11) is 2.99. The van der Waals surface area contributed by atoms with Gasteiger partial charge in [-0.25, -0.2) is 12.5 Å². The summed E-state index contributed by atoms with van der Waals surface area (Å²) in [4.78, 5) is 10.3. The molecule has 1 aliphatic rings. The van der Waals surface area contributed by atoms with Crippen LogP contribution in [0.5, 0.6) is 0 Å². The van der Waals surface area contributed by atoms with Gasteiger partial charge in [0.2, 0.25) is 0 Å². The summed E-state index contributed by atoms with van der Waals surface area (Å²) in [5, 5.41) is 0. The smallest absolute Gasteiger partial charge is 0.640 e. The molecule has 7 heteroatoms. The number of carbonyl (C=O) groups is 1. The summed E-state index contributed by atoms with van der Waals surface area (Å²) in [5.74, 6) is -0.216. The molecule has 160 valence electrons. The number of hydrogen-bond donors (Lipinski definition) is 0. The Morgan fingerprint density at radius 1 is 1.25 bits per heavy atom. The molecule has 4 nitrogen and oxygen atoms in total. The minimum atomic E-state index is -0.216. The van der Waals surface area contributed by atoms with Gasteiger partial charge in [0.1, 0.15) is 0 Å². The third kappa shape index (κ3) is 17.1. The molecular formula is C21H36ILiNO3S-3. The summed E-state index contributed by atoms with van der Waals surface area (Å²) in [6.45, 7) is 13.0. The fourth-order valence-corrected chi connectivity index (χ4v) is 5.55. The monoisotopic (exact) mass is 516 g/mol. The third-order valence-electron chi connectivity index (χ3n) is 3.38. The molecule has 0 N–H and O–H groups in total. The zero-order valence-electron chi connectivity index (χ0n) is 18.2. The largest absolute Gasteiger partial charge is 1.00 e. The molecule has 0 spiro atoms. The van der Waals surface area contributed by atoms with Crippen molar-refractivity contribution in [3.05, 3.63) is 40.0 Å². The van der Waals surface area contributed by atoms with E-state index in [1.165, 1.54) is 19.3 Å².